The molecule has 0 saturated carbocycles. The van der Waals surface area contributed by atoms with E-state index in [2.05, 4.69) is 15.6 Å². The van der Waals surface area contributed by atoms with Crippen molar-refractivity contribution in [2.75, 3.05) is 12.4 Å². The van der Waals surface area contributed by atoms with Gasteiger partial charge in [0.25, 0.3) is 5.91 Å². The first kappa shape index (κ1) is 18.7. The van der Waals surface area contributed by atoms with Crippen LogP contribution in [-0.2, 0) is 9.59 Å². The summed E-state index contributed by atoms with van der Waals surface area (Å²) < 4.78 is 5.17. The molecule has 1 aliphatic heterocycles. The standard InChI is InChI=1S/C20H19N3O3S/c1-12(14-4-10-17(26-3)11-5-14)18-19(25)23-20(27-18)22-16-8-6-15(7-9-16)21-13(2)24/h4-11H,1-3H3,(H,21,24)(H,22,23,25)/b18-12-. The normalized spacial score (nSPS) is 16.9. The maximum Gasteiger partial charge on any atom is 0.264 e. The highest BCUT2D eigenvalue weighted by Gasteiger charge is 2.26. The van der Waals surface area contributed by atoms with Crippen molar-refractivity contribution in [1.82, 2.24) is 5.32 Å². The largest absolute Gasteiger partial charge is 0.497 e. The lowest BCUT2D eigenvalue weighted by Gasteiger charge is -2.05. The molecule has 7 heteroatoms. The number of methoxy groups -OCH3 is 1. The molecule has 0 atom stereocenters. The van der Waals surface area contributed by atoms with E-state index in [0.717, 1.165) is 16.9 Å². The molecule has 2 aromatic rings. The minimum atomic E-state index is -0.165. The van der Waals surface area contributed by atoms with Gasteiger partial charge in [-0.15, -0.1) is 0 Å². The number of aliphatic imine (C=N–C) groups is 1. The van der Waals surface area contributed by atoms with Gasteiger partial charge in [-0.25, -0.2) is 4.99 Å². The fraction of sp³-hybridized carbons (Fsp3) is 0.150. The molecule has 0 aliphatic carbocycles. The topological polar surface area (TPSA) is 79.8 Å². The van der Waals surface area contributed by atoms with Crippen molar-refractivity contribution in [2.24, 2.45) is 4.99 Å². The van der Waals surface area contributed by atoms with E-state index in [1.165, 1.54) is 18.7 Å². The third-order valence-electron chi connectivity index (χ3n) is 3.91. The number of benzene rings is 2. The van der Waals surface area contributed by atoms with Crippen molar-refractivity contribution in [3.05, 3.63) is 59.0 Å². The number of amides is 2. The molecule has 0 radical (unpaired) electrons. The Bertz CT molecular complexity index is 932. The maximum atomic E-state index is 12.3. The van der Waals surface area contributed by atoms with Crippen LogP contribution in [0.1, 0.15) is 19.4 Å². The summed E-state index contributed by atoms with van der Waals surface area (Å²) in [7, 11) is 1.62. The zero-order chi connectivity index (χ0) is 19.4. The van der Waals surface area contributed by atoms with Gasteiger partial charge < -0.3 is 15.4 Å². The second-order valence-corrected chi connectivity index (χ2v) is 6.88. The van der Waals surface area contributed by atoms with Gasteiger partial charge in [0.2, 0.25) is 5.91 Å². The SMILES string of the molecule is COc1ccc(/C(C)=C2\SC(=Nc3ccc(NC(C)=O)cc3)NC2=O)cc1. The molecule has 27 heavy (non-hydrogen) atoms. The number of thioether (sulfide) groups is 1. The number of hydrogen-bond donors (Lipinski definition) is 2. The molecule has 0 bridgehead atoms. The Balaban J connectivity index is 1.79. The van der Waals surface area contributed by atoms with Crippen LogP contribution < -0.4 is 15.4 Å². The summed E-state index contributed by atoms with van der Waals surface area (Å²) in [6, 6.07) is 14.7. The highest BCUT2D eigenvalue weighted by atomic mass is 32.2. The number of rotatable bonds is 4. The summed E-state index contributed by atoms with van der Waals surface area (Å²) in [6.07, 6.45) is 0. The number of anilines is 1. The number of amidine groups is 1. The number of carbonyl (C=O) groups is 2. The predicted molar refractivity (Wildman–Crippen MR) is 109 cm³/mol. The number of nitrogens with zero attached hydrogens (tertiary/aromatic N) is 1. The Morgan fingerprint density at radius 3 is 2.33 bits per heavy atom. The van der Waals surface area contributed by atoms with Crippen LogP contribution >= 0.6 is 11.8 Å². The smallest absolute Gasteiger partial charge is 0.264 e. The molecular weight excluding hydrogens is 362 g/mol. The average Bonchev–Trinajstić information content (AvgIpc) is 3.02. The van der Waals surface area contributed by atoms with Crippen LogP contribution in [0.25, 0.3) is 5.57 Å². The first-order valence-corrected chi connectivity index (χ1v) is 9.09. The van der Waals surface area contributed by atoms with Crippen LogP contribution in [0, 0.1) is 0 Å². The molecule has 138 valence electrons. The number of ether oxygens (including phenoxy) is 1. The highest BCUT2D eigenvalue weighted by molar-refractivity contribution is 8.18. The molecule has 3 rings (SSSR count). The molecule has 2 amide bonds. The van der Waals surface area contributed by atoms with Gasteiger partial charge in [-0.1, -0.05) is 12.1 Å². The van der Waals surface area contributed by atoms with E-state index in [1.54, 1.807) is 31.4 Å². The van der Waals surface area contributed by atoms with Crippen LogP contribution in [0.15, 0.2) is 58.4 Å². The summed E-state index contributed by atoms with van der Waals surface area (Å²) in [6.45, 7) is 3.37. The Hall–Kier alpha value is -3.06. The Labute approximate surface area is 161 Å². The molecule has 1 aliphatic rings. The maximum absolute atomic E-state index is 12.3. The molecular formula is C20H19N3O3S. The number of allylic oxidation sites excluding steroid dienone is 1. The monoisotopic (exact) mass is 381 g/mol. The summed E-state index contributed by atoms with van der Waals surface area (Å²) in [4.78, 5) is 28.5. The zero-order valence-electron chi connectivity index (χ0n) is 15.2. The number of carbonyl (C=O) groups excluding carboxylic acids is 2. The summed E-state index contributed by atoms with van der Waals surface area (Å²) >= 11 is 1.31. The molecule has 6 nitrogen and oxygen atoms in total. The van der Waals surface area contributed by atoms with Crippen LogP contribution in [0.3, 0.4) is 0 Å². The van der Waals surface area contributed by atoms with Crippen molar-refractivity contribution in [3.63, 3.8) is 0 Å². The van der Waals surface area contributed by atoms with Gasteiger partial charge in [0.05, 0.1) is 17.7 Å². The molecule has 1 saturated heterocycles. The Morgan fingerprint density at radius 1 is 1.07 bits per heavy atom. The minimum absolute atomic E-state index is 0.128. The van der Waals surface area contributed by atoms with E-state index in [1.807, 2.05) is 31.2 Å². The minimum Gasteiger partial charge on any atom is -0.497 e. The van der Waals surface area contributed by atoms with E-state index < -0.39 is 0 Å². The third-order valence-corrected chi connectivity index (χ3v) is 4.99. The summed E-state index contributed by atoms with van der Waals surface area (Å²) in [5.74, 6) is 0.475. The van der Waals surface area contributed by atoms with Crippen molar-refractivity contribution < 1.29 is 14.3 Å². The van der Waals surface area contributed by atoms with Gasteiger partial charge in [-0.2, -0.15) is 0 Å². The van der Waals surface area contributed by atoms with Crippen molar-refractivity contribution in [1.29, 1.82) is 0 Å². The fourth-order valence-corrected chi connectivity index (χ4v) is 3.43. The summed E-state index contributed by atoms with van der Waals surface area (Å²) in [5.41, 5.74) is 3.22. The third kappa shape index (κ3) is 4.57. The van der Waals surface area contributed by atoms with Gasteiger partial charge in [0.1, 0.15) is 5.75 Å². The first-order valence-electron chi connectivity index (χ1n) is 8.27. The zero-order valence-corrected chi connectivity index (χ0v) is 16.0. The molecule has 0 unspecified atom stereocenters. The number of hydrogen-bond acceptors (Lipinski definition) is 5. The fourth-order valence-electron chi connectivity index (χ4n) is 2.53. The van der Waals surface area contributed by atoms with Gasteiger partial charge >= 0.3 is 0 Å². The summed E-state index contributed by atoms with van der Waals surface area (Å²) in [5, 5.41) is 6.02. The van der Waals surface area contributed by atoms with Crippen LogP contribution in [-0.4, -0.2) is 24.1 Å². The highest BCUT2D eigenvalue weighted by Crippen LogP contribution is 2.33. The lowest BCUT2D eigenvalue weighted by atomic mass is 10.1. The van der Waals surface area contributed by atoms with Gasteiger partial charge in [-0.05, 0) is 66.2 Å². The van der Waals surface area contributed by atoms with Crippen LogP contribution in [0.2, 0.25) is 0 Å². The Kier molecular flexibility index (Phi) is 5.61. The molecule has 2 aromatic carbocycles. The Morgan fingerprint density at radius 2 is 1.74 bits per heavy atom. The van der Waals surface area contributed by atoms with E-state index in [-0.39, 0.29) is 11.8 Å². The van der Waals surface area contributed by atoms with E-state index >= 15 is 0 Å². The van der Waals surface area contributed by atoms with Crippen molar-refractivity contribution >= 4 is 45.7 Å². The molecule has 1 fully saturated rings. The predicted octanol–water partition coefficient (Wildman–Crippen LogP) is 3.94. The second kappa shape index (κ2) is 8.09. The lowest BCUT2D eigenvalue weighted by Crippen LogP contribution is -2.19. The van der Waals surface area contributed by atoms with Gasteiger partial charge in [0, 0.05) is 12.6 Å². The van der Waals surface area contributed by atoms with Gasteiger partial charge in [-0.3, -0.25) is 9.59 Å². The van der Waals surface area contributed by atoms with Gasteiger partial charge in [0.15, 0.2) is 5.17 Å². The molecule has 1 heterocycles. The van der Waals surface area contributed by atoms with E-state index in [0.29, 0.717) is 21.4 Å². The van der Waals surface area contributed by atoms with Crippen molar-refractivity contribution in [2.45, 2.75) is 13.8 Å². The van der Waals surface area contributed by atoms with E-state index in [4.69, 9.17) is 4.74 Å². The average molecular weight is 381 g/mol. The molecule has 0 spiro atoms. The van der Waals surface area contributed by atoms with Crippen LogP contribution in [0.5, 0.6) is 5.75 Å². The second-order valence-electron chi connectivity index (χ2n) is 5.88. The first-order chi connectivity index (χ1) is 13.0. The lowest BCUT2D eigenvalue weighted by molar-refractivity contribution is -0.115. The quantitative estimate of drug-likeness (QED) is 0.787. The number of nitrogens with one attached hydrogen (secondary N) is 2. The van der Waals surface area contributed by atoms with E-state index in [9.17, 15) is 9.59 Å². The van der Waals surface area contributed by atoms with Crippen LogP contribution in [0.4, 0.5) is 11.4 Å². The molecule has 2 N–H and O–H groups in total. The van der Waals surface area contributed by atoms with Crippen molar-refractivity contribution in [3.8, 4) is 5.75 Å². The molecule has 0 aromatic heterocycles.